The Morgan fingerprint density at radius 1 is 0.720 bits per heavy atom. The number of nitrogens with zero attached hydrogens (tertiary/aromatic N) is 2. The van der Waals surface area contributed by atoms with E-state index in [2.05, 4.69) is 61.3 Å². The summed E-state index contributed by atoms with van der Waals surface area (Å²) in [6.45, 7) is 6.61. The molecule has 0 radical (unpaired) electrons. The van der Waals surface area contributed by atoms with Crippen molar-refractivity contribution in [1.29, 1.82) is 0 Å². The molecule has 0 amide bonds. The topological polar surface area (TPSA) is 38.9 Å². The van der Waals surface area contributed by atoms with Gasteiger partial charge in [0.05, 0.1) is 0 Å². The fourth-order valence-electron chi connectivity index (χ4n) is 2.97. The maximum Gasteiger partial charge on any atom is 0.248 e. The molecule has 4 aromatic rings. The number of benzene rings is 3. The van der Waals surface area contributed by atoms with Crippen molar-refractivity contribution in [3.05, 3.63) is 72.3 Å². The van der Waals surface area contributed by atoms with Crippen molar-refractivity contribution in [2.45, 2.75) is 26.2 Å². The predicted octanol–water partition coefficient (Wildman–Crippen LogP) is 5.85. The van der Waals surface area contributed by atoms with Crippen LogP contribution in [-0.2, 0) is 5.41 Å². The lowest BCUT2D eigenvalue weighted by atomic mass is 9.87. The van der Waals surface area contributed by atoms with E-state index in [0.29, 0.717) is 11.8 Å². The molecule has 124 valence electrons. The molecular formula is C22H20N2O. The molecule has 0 fully saturated rings. The van der Waals surface area contributed by atoms with Crippen molar-refractivity contribution >= 4 is 10.8 Å². The maximum atomic E-state index is 5.97. The van der Waals surface area contributed by atoms with Gasteiger partial charge in [-0.3, -0.25) is 0 Å². The van der Waals surface area contributed by atoms with Crippen molar-refractivity contribution in [3.63, 3.8) is 0 Å². The number of fused-ring (bicyclic) bond motifs is 1. The van der Waals surface area contributed by atoms with Crippen LogP contribution in [0.3, 0.4) is 0 Å². The zero-order chi connectivity index (χ0) is 17.4. The van der Waals surface area contributed by atoms with E-state index >= 15 is 0 Å². The van der Waals surface area contributed by atoms with Crippen molar-refractivity contribution in [3.8, 4) is 22.9 Å². The molecule has 25 heavy (non-hydrogen) atoms. The molecule has 3 heteroatoms. The fourth-order valence-corrected chi connectivity index (χ4v) is 2.97. The number of rotatable bonds is 2. The van der Waals surface area contributed by atoms with Crippen LogP contribution < -0.4 is 0 Å². The smallest absolute Gasteiger partial charge is 0.248 e. The Morgan fingerprint density at radius 2 is 1.40 bits per heavy atom. The first-order valence-corrected chi connectivity index (χ1v) is 8.45. The van der Waals surface area contributed by atoms with Crippen LogP contribution in [0.2, 0.25) is 0 Å². The summed E-state index contributed by atoms with van der Waals surface area (Å²) in [7, 11) is 0. The third kappa shape index (κ3) is 2.93. The molecule has 0 bridgehead atoms. The molecule has 0 saturated carbocycles. The average Bonchev–Trinajstić information content (AvgIpc) is 3.10. The minimum atomic E-state index is 0.126. The van der Waals surface area contributed by atoms with Gasteiger partial charge in [-0.1, -0.05) is 69.3 Å². The van der Waals surface area contributed by atoms with Gasteiger partial charge in [0.2, 0.25) is 11.8 Å². The summed E-state index contributed by atoms with van der Waals surface area (Å²) in [6, 6.07) is 22.7. The maximum absolute atomic E-state index is 5.97. The summed E-state index contributed by atoms with van der Waals surface area (Å²) in [5, 5.41) is 10.8. The predicted molar refractivity (Wildman–Crippen MR) is 101 cm³/mol. The molecule has 0 aliphatic rings. The Kier molecular flexibility index (Phi) is 3.65. The minimum Gasteiger partial charge on any atom is -0.416 e. The highest BCUT2D eigenvalue weighted by Crippen LogP contribution is 2.30. The first-order chi connectivity index (χ1) is 12.0. The largest absolute Gasteiger partial charge is 0.416 e. The number of aromatic nitrogens is 2. The average molecular weight is 328 g/mol. The second kappa shape index (κ2) is 5.85. The lowest BCUT2D eigenvalue weighted by molar-refractivity contribution is 0.582. The van der Waals surface area contributed by atoms with Crippen LogP contribution in [0, 0.1) is 0 Å². The quantitative estimate of drug-likeness (QED) is 0.463. The standard InChI is InChI=1S/C22H20N2O/c1-22(2,3)17-13-11-16(12-14-17)20-23-24-21(25-20)19-10-6-8-15-7-4-5-9-18(15)19/h4-14H,1-3H3. The van der Waals surface area contributed by atoms with Gasteiger partial charge in [-0.15, -0.1) is 10.2 Å². The summed E-state index contributed by atoms with van der Waals surface area (Å²) in [6.07, 6.45) is 0. The molecule has 0 aliphatic carbocycles. The lowest BCUT2D eigenvalue weighted by Crippen LogP contribution is -2.10. The molecule has 3 aromatic carbocycles. The van der Waals surface area contributed by atoms with Gasteiger partial charge in [0.25, 0.3) is 0 Å². The molecule has 0 aliphatic heterocycles. The Balaban J connectivity index is 1.73. The molecule has 1 aromatic heterocycles. The molecular weight excluding hydrogens is 308 g/mol. The third-order valence-electron chi connectivity index (χ3n) is 4.44. The summed E-state index contributed by atoms with van der Waals surface area (Å²) in [5.41, 5.74) is 3.31. The van der Waals surface area contributed by atoms with Gasteiger partial charge < -0.3 is 4.42 Å². The summed E-state index contributed by atoms with van der Waals surface area (Å²) in [4.78, 5) is 0. The van der Waals surface area contributed by atoms with Gasteiger partial charge in [0, 0.05) is 11.1 Å². The van der Waals surface area contributed by atoms with E-state index in [1.165, 1.54) is 5.56 Å². The zero-order valence-electron chi connectivity index (χ0n) is 14.7. The first-order valence-electron chi connectivity index (χ1n) is 8.45. The Hall–Kier alpha value is -2.94. The number of hydrogen-bond donors (Lipinski definition) is 0. The molecule has 0 unspecified atom stereocenters. The third-order valence-corrected chi connectivity index (χ3v) is 4.44. The molecule has 4 rings (SSSR count). The van der Waals surface area contributed by atoms with Crippen LogP contribution in [-0.4, -0.2) is 10.2 Å². The van der Waals surface area contributed by atoms with Gasteiger partial charge >= 0.3 is 0 Å². The monoisotopic (exact) mass is 328 g/mol. The van der Waals surface area contributed by atoms with Gasteiger partial charge in [-0.05, 0) is 39.9 Å². The van der Waals surface area contributed by atoms with Crippen LogP contribution in [0.15, 0.2) is 71.1 Å². The van der Waals surface area contributed by atoms with Crippen molar-refractivity contribution in [2.75, 3.05) is 0 Å². The molecule has 3 nitrogen and oxygen atoms in total. The lowest BCUT2D eigenvalue weighted by Gasteiger charge is -2.18. The van der Waals surface area contributed by atoms with E-state index in [-0.39, 0.29) is 5.41 Å². The van der Waals surface area contributed by atoms with Crippen LogP contribution in [0.4, 0.5) is 0 Å². The van der Waals surface area contributed by atoms with E-state index in [9.17, 15) is 0 Å². The van der Waals surface area contributed by atoms with Gasteiger partial charge in [-0.25, -0.2) is 0 Å². The van der Waals surface area contributed by atoms with Crippen LogP contribution >= 0.6 is 0 Å². The van der Waals surface area contributed by atoms with Crippen LogP contribution in [0.1, 0.15) is 26.3 Å². The van der Waals surface area contributed by atoms with E-state index in [4.69, 9.17) is 4.42 Å². The van der Waals surface area contributed by atoms with E-state index in [1.807, 2.05) is 36.4 Å². The van der Waals surface area contributed by atoms with Gasteiger partial charge in [0.15, 0.2) is 0 Å². The second-order valence-electron chi connectivity index (χ2n) is 7.27. The SMILES string of the molecule is CC(C)(C)c1ccc(-c2nnc(-c3cccc4ccccc34)o2)cc1. The van der Waals surface area contributed by atoms with Crippen LogP contribution in [0.25, 0.3) is 33.7 Å². The Bertz CT molecular complexity index is 1020. The molecule has 1 heterocycles. The highest BCUT2D eigenvalue weighted by atomic mass is 16.4. The fraction of sp³-hybridized carbons (Fsp3) is 0.182. The Labute approximate surface area is 147 Å². The first kappa shape index (κ1) is 15.6. The molecule has 0 atom stereocenters. The second-order valence-corrected chi connectivity index (χ2v) is 7.27. The summed E-state index contributed by atoms with van der Waals surface area (Å²) < 4.78 is 5.97. The molecule has 0 spiro atoms. The minimum absolute atomic E-state index is 0.126. The molecule has 0 saturated heterocycles. The highest BCUT2D eigenvalue weighted by molar-refractivity contribution is 5.94. The summed E-state index contributed by atoms with van der Waals surface area (Å²) in [5.74, 6) is 1.09. The van der Waals surface area contributed by atoms with E-state index in [0.717, 1.165) is 21.9 Å². The van der Waals surface area contributed by atoms with Crippen molar-refractivity contribution < 1.29 is 4.42 Å². The number of hydrogen-bond acceptors (Lipinski definition) is 3. The van der Waals surface area contributed by atoms with Crippen molar-refractivity contribution in [1.82, 2.24) is 10.2 Å². The van der Waals surface area contributed by atoms with Gasteiger partial charge in [-0.2, -0.15) is 0 Å². The highest BCUT2D eigenvalue weighted by Gasteiger charge is 2.16. The Morgan fingerprint density at radius 3 is 2.16 bits per heavy atom. The normalized spacial score (nSPS) is 11.8. The zero-order valence-corrected chi connectivity index (χ0v) is 14.7. The van der Waals surface area contributed by atoms with E-state index in [1.54, 1.807) is 0 Å². The van der Waals surface area contributed by atoms with Gasteiger partial charge in [0.1, 0.15) is 0 Å². The van der Waals surface area contributed by atoms with Crippen LogP contribution in [0.5, 0.6) is 0 Å². The van der Waals surface area contributed by atoms with Crippen molar-refractivity contribution in [2.24, 2.45) is 0 Å². The van der Waals surface area contributed by atoms with E-state index < -0.39 is 0 Å². The summed E-state index contributed by atoms with van der Waals surface area (Å²) >= 11 is 0. The molecule has 0 N–H and O–H groups in total.